The second-order valence-electron chi connectivity index (χ2n) is 7.85. The van der Waals surface area contributed by atoms with Crippen molar-refractivity contribution >= 4 is 40.0 Å². The number of Topliss-reactive ketones (excluding diaryl/α,β-unsaturated/α-hetero) is 1. The third-order valence-electron chi connectivity index (χ3n) is 5.64. The maximum Gasteiger partial charge on any atom is 0.266 e. The van der Waals surface area contributed by atoms with Crippen LogP contribution in [-0.2, 0) is 4.79 Å². The molecule has 0 saturated carbocycles. The smallest absolute Gasteiger partial charge is 0.266 e. The number of para-hydroxylation sites is 1. The van der Waals surface area contributed by atoms with Gasteiger partial charge in [0.05, 0.1) is 42.3 Å². The van der Waals surface area contributed by atoms with Gasteiger partial charge in [0.1, 0.15) is 17.2 Å². The second-order valence-corrected chi connectivity index (χ2v) is 8.79. The zero-order valence-electron chi connectivity index (χ0n) is 19.4. The summed E-state index contributed by atoms with van der Waals surface area (Å²) < 4.78 is 17.7. The van der Waals surface area contributed by atoms with E-state index in [1.54, 1.807) is 60.7 Å². The third-order valence-corrected chi connectivity index (χ3v) is 6.58. The molecule has 182 valence electrons. The van der Waals surface area contributed by atoms with Crippen LogP contribution >= 0.6 is 11.8 Å². The van der Waals surface area contributed by atoms with Crippen molar-refractivity contribution in [3.05, 3.63) is 76.6 Å². The van der Waals surface area contributed by atoms with Gasteiger partial charge in [0.2, 0.25) is 0 Å². The highest BCUT2D eigenvalue weighted by Crippen LogP contribution is 2.32. The average Bonchev–Trinajstić information content (AvgIpc) is 2.91. The van der Waals surface area contributed by atoms with Crippen molar-refractivity contribution in [1.82, 2.24) is 9.55 Å². The van der Waals surface area contributed by atoms with Crippen LogP contribution in [0.3, 0.4) is 0 Å². The van der Waals surface area contributed by atoms with Gasteiger partial charge in [-0.25, -0.2) is 4.98 Å². The molecule has 0 saturated heterocycles. The van der Waals surface area contributed by atoms with E-state index in [0.717, 1.165) is 11.8 Å². The van der Waals surface area contributed by atoms with E-state index in [4.69, 9.17) is 14.2 Å². The molecule has 0 unspecified atom stereocenters. The number of ketones is 1. The summed E-state index contributed by atoms with van der Waals surface area (Å²) >= 11 is 1.13. The number of aromatic nitrogens is 2. The minimum Gasteiger partial charge on any atom is -0.497 e. The third kappa shape index (κ3) is 4.38. The molecule has 0 atom stereocenters. The SMILES string of the molecule is COc1ccc(OC)c(-n2c(SCC(=O)c3ccc4c(c3)NC(=O)CO4)nc3ccccc3c2=O)c1. The predicted molar refractivity (Wildman–Crippen MR) is 136 cm³/mol. The number of carbonyl (C=O) groups excluding carboxylic acids is 2. The molecule has 2 heterocycles. The molecule has 36 heavy (non-hydrogen) atoms. The van der Waals surface area contributed by atoms with Crippen LogP contribution in [0.15, 0.2) is 70.6 Å². The van der Waals surface area contributed by atoms with E-state index >= 15 is 0 Å². The first kappa shape index (κ1) is 23.4. The summed E-state index contributed by atoms with van der Waals surface area (Å²) in [4.78, 5) is 43.0. The molecule has 10 heteroatoms. The summed E-state index contributed by atoms with van der Waals surface area (Å²) in [6, 6.07) is 17.0. The molecule has 1 aliphatic rings. The Hall–Kier alpha value is -4.31. The van der Waals surface area contributed by atoms with Gasteiger partial charge in [0.15, 0.2) is 17.5 Å². The molecule has 9 nitrogen and oxygen atoms in total. The molecular formula is C26H21N3O6S. The van der Waals surface area contributed by atoms with Crippen LogP contribution in [0, 0.1) is 0 Å². The summed E-state index contributed by atoms with van der Waals surface area (Å²) in [6.07, 6.45) is 0. The summed E-state index contributed by atoms with van der Waals surface area (Å²) in [5.41, 5.74) is 1.52. The van der Waals surface area contributed by atoms with Crippen molar-refractivity contribution in [1.29, 1.82) is 0 Å². The summed E-state index contributed by atoms with van der Waals surface area (Å²) in [5.74, 6) is 1.02. The average molecular weight is 504 g/mol. The molecule has 1 amide bonds. The lowest BCUT2D eigenvalue weighted by atomic mass is 10.1. The van der Waals surface area contributed by atoms with Crippen molar-refractivity contribution in [3.63, 3.8) is 0 Å². The summed E-state index contributed by atoms with van der Waals surface area (Å²) in [7, 11) is 3.05. The minimum absolute atomic E-state index is 0.00462. The van der Waals surface area contributed by atoms with E-state index in [0.29, 0.717) is 50.2 Å². The first-order valence-corrected chi connectivity index (χ1v) is 11.9. The van der Waals surface area contributed by atoms with E-state index in [1.165, 1.54) is 18.8 Å². The van der Waals surface area contributed by atoms with Crippen LogP contribution < -0.4 is 25.1 Å². The molecule has 1 aromatic heterocycles. The molecule has 0 radical (unpaired) electrons. The zero-order chi connectivity index (χ0) is 25.2. The molecule has 0 spiro atoms. The topological polar surface area (TPSA) is 109 Å². The maximum atomic E-state index is 13.6. The quantitative estimate of drug-likeness (QED) is 0.231. The fourth-order valence-corrected chi connectivity index (χ4v) is 4.76. The number of methoxy groups -OCH3 is 2. The number of amides is 1. The Labute approximate surface area is 210 Å². The van der Waals surface area contributed by atoms with Gasteiger partial charge in [-0.1, -0.05) is 23.9 Å². The lowest BCUT2D eigenvalue weighted by molar-refractivity contribution is -0.118. The van der Waals surface area contributed by atoms with Crippen molar-refractivity contribution in [3.8, 4) is 22.9 Å². The molecule has 0 fully saturated rings. The van der Waals surface area contributed by atoms with Gasteiger partial charge in [0.25, 0.3) is 11.5 Å². The number of hydrogen-bond donors (Lipinski definition) is 1. The molecule has 1 aliphatic heterocycles. The van der Waals surface area contributed by atoms with Gasteiger partial charge in [0, 0.05) is 11.6 Å². The number of carbonyl (C=O) groups is 2. The number of rotatable bonds is 7. The Morgan fingerprint density at radius 1 is 1.08 bits per heavy atom. The number of ether oxygens (including phenoxy) is 3. The number of benzene rings is 3. The van der Waals surface area contributed by atoms with Crippen LogP contribution in [0.25, 0.3) is 16.6 Å². The molecular weight excluding hydrogens is 482 g/mol. The number of thioether (sulfide) groups is 1. The standard InChI is InChI=1S/C26H21N3O6S/c1-33-16-8-10-23(34-2)20(12-16)29-25(32)17-5-3-4-6-18(17)28-26(29)36-14-21(30)15-7-9-22-19(11-15)27-24(31)13-35-22/h3-12H,13-14H2,1-2H3,(H,27,31). The van der Waals surface area contributed by atoms with E-state index < -0.39 is 0 Å². The van der Waals surface area contributed by atoms with Crippen LogP contribution in [-0.4, -0.2) is 47.8 Å². The largest absolute Gasteiger partial charge is 0.497 e. The van der Waals surface area contributed by atoms with Gasteiger partial charge in [-0.15, -0.1) is 0 Å². The fourth-order valence-electron chi connectivity index (χ4n) is 3.86. The number of nitrogens with one attached hydrogen (secondary N) is 1. The molecule has 0 aliphatic carbocycles. The highest BCUT2D eigenvalue weighted by atomic mass is 32.2. The van der Waals surface area contributed by atoms with Gasteiger partial charge >= 0.3 is 0 Å². The van der Waals surface area contributed by atoms with E-state index in [9.17, 15) is 14.4 Å². The van der Waals surface area contributed by atoms with Crippen molar-refractivity contribution in [2.45, 2.75) is 5.16 Å². The van der Waals surface area contributed by atoms with Crippen LogP contribution in [0.2, 0.25) is 0 Å². The van der Waals surface area contributed by atoms with E-state index in [2.05, 4.69) is 10.3 Å². The summed E-state index contributed by atoms with van der Waals surface area (Å²) in [6.45, 7) is -0.0605. The van der Waals surface area contributed by atoms with Crippen molar-refractivity contribution < 1.29 is 23.8 Å². The monoisotopic (exact) mass is 503 g/mol. The molecule has 5 rings (SSSR count). The minimum atomic E-state index is -0.296. The lowest BCUT2D eigenvalue weighted by Crippen LogP contribution is -2.25. The van der Waals surface area contributed by atoms with Gasteiger partial charge in [-0.2, -0.15) is 0 Å². The predicted octanol–water partition coefficient (Wildman–Crippen LogP) is 3.71. The first-order chi connectivity index (χ1) is 17.5. The van der Waals surface area contributed by atoms with Gasteiger partial charge < -0.3 is 19.5 Å². The fraction of sp³-hybridized carbons (Fsp3) is 0.154. The molecule has 1 N–H and O–H groups in total. The Morgan fingerprint density at radius 3 is 2.72 bits per heavy atom. The number of hydrogen-bond acceptors (Lipinski definition) is 8. The number of anilines is 1. The zero-order valence-corrected chi connectivity index (χ0v) is 20.3. The summed E-state index contributed by atoms with van der Waals surface area (Å²) in [5, 5.41) is 3.46. The number of nitrogens with zero attached hydrogens (tertiary/aromatic N) is 2. The van der Waals surface area contributed by atoms with Gasteiger partial charge in [-0.05, 0) is 42.5 Å². The van der Waals surface area contributed by atoms with Crippen LogP contribution in [0.5, 0.6) is 17.2 Å². The molecule has 4 aromatic rings. The second kappa shape index (κ2) is 9.74. The Kier molecular flexibility index (Phi) is 6.34. The Morgan fingerprint density at radius 2 is 1.92 bits per heavy atom. The Balaban J connectivity index is 1.54. The van der Waals surface area contributed by atoms with E-state index in [1.807, 2.05) is 0 Å². The van der Waals surface area contributed by atoms with Gasteiger partial charge in [-0.3, -0.25) is 19.0 Å². The van der Waals surface area contributed by atoms with Crippen molar-refractivity contribution in [2.75, 3.05) is 31.9 Å². The Bertz CT molecular complexity index is 1570. The normalized spacial score (nSPS) is 12.4. The highest BCUT2D eigenvalue weighted by Gasteiger charge is 2.21. The molecule has 0 bridgehead atoms. The lowest BCUT2D eigenvalue weighted by Gasteiger charge is -2.18. The van der Waals surface area contributed by atoms with E-state index in [-0.39, 0.29) is 29.6 Å². The maximum absolute atomic E-state index is 13.6. The highest BCUT2D eigenvalue weighted by molar-refractivity contribution is 7.99. The number of fused-ring (bicyclic) bond motifs is 2. The molecule has 3 aromatic carbocycles. The van der Waals surface area contributed by atoms with Crippen LogP contribution in [0.4, 0.5) is 5.69 Å². The van der Waals surface area contributed by atoms with Crippen molar-refractivity contribution in [2.24, 2.45) is 0 Å². The first-order valence-electron chi connectivity index (χ1n) is 11.0. The van der Waals surface area contributed by atoms with Crippen LogP contribution in [0.1, 0.15) is 10.4 Å².